The molecule has 2 aliphatic rings. The summed E-state index contributed by atoms with van der Waals surface area (Å²) in [7, 11) is 0. The van der Waals surface area contributed by atoms with Crippen LogP contribution < -0.4 is 0 Å². The average Bonchev–Trinajstić information content (AvgIpc) is 2.61. The monoisotopic (exact) mass is 252 g/mol. The lowest BCUT2D eigenvalue weighted by atomic mass is 10.0. The van der Waals surface area contributed by atoms with Gasteiger partial charge in [0.25, 0.3) is 0 Å². The first-order valence-corrected chi connectivity index (χ1v) is 6.37. The largest absolute Gasteiger partial charge is 0.0843 e. The number of aryl methyl sites for hydroxylation is 1. The molecule has 0 nitrogen and oxygen atoms in total. The Balaban J connectivity index is 2.24. The molecule has 0 amide bonds. The zero-order valence-corrected chi connectivity index (χ0v) is 10.9. The van der Waals surface area contributed by atoms with Gasteiger partial charge in [-0.25, -0.2) is 0 Å². The van der Waals surface area contributed by atoms with Gasteiger partial charge in [-0.2, -0.15) is 0 Å². The molecule has 88 valence electrons. The molecule has 1 heteroatoms. The van der Waals surface area contributed by atoms with Gasteiger partial charge >= 0.3 is 0 Å². The third-order valence-corrected chi connectivity index (χ3v) is 3.41. The number of hydrogen-bond donors (Lipinski definition) is 0. The molecule has 0 aromatic heterocycles. The highest BCUT2D eigenvalue weighted by molar-refractivity contribution is 6.30. The highest BCUT2D eigenvalue weighted by Crippen LogP contribution is 2.35. The summed E-state index contributed by atoms with van der Waals surface area (Å²) in [5, 5.41) is 0.772. The fourth-order valence-corrected chi connectivity index (χ4v) is 2.45. The van der Waals surface area contributed by atoms with Crippen LogP contribution in [0.15, 0.2) is 60.7 Å². The fraction of sp³-hybridized carbons (Fsp3) is 0.0588. The first-order valence-electron chi connectivity index (χ1n) is 5.99. The van der Waals surface area contributed by atoms with Gasteiger partial charge in [-0.15, -0.1) is 0 Å². The van der Waals surface area contributed by atoms with Crippen molar-refractivity contribution >= 4 is 11.6 Å². The van der Waals surface area contributed by atoms with Crippen molar-refractivity contribution in [2.75, 3.05) is 0 Å². The molecule has 0 bridgehead atoms. The van der Waals surface area contributed by atoms with Gasteiger partial charge in [0.1, 0.15) is 0 Å². The van der Waals surface area contributed by atoms with Crippen molar-refractivity contribution in [2.24, 2.45) is 0 Å². The normalized spacial score (nSPS) is 10.8. The van der Waals surface area contributed by atoms with E-state index in [4.69, 9.17) is 11.6 Å². The standard InChI is InChI=1S/C17H13Cl/c1-12-10-14-4-2-3-5-16(17(14)11-12)13-6-8-15(18)9-7-13/h2-11H,1H3. The number of fused-ring (bicyclic) bond motifs is 1. The van der Waals surface area contributed by atoms with Gasteiger partial charge in [-0.3, -0.25) is 0 Å². The summed E-state index contributed by atoms with van der Waals surface area (Å²) < 4.78 is 0. The highest BCUT2D eigenvalue weighted by Gasteiger charge is 2.09. The van der Waals surface area contributed by atoms with E-state index in [9.17, 15) is 0 Å². The maximum Gasteiger partial charge on any atom is 0.0406 e. The fourth-order valence-electron chi connectivity index (χ4n) is 2.33. The van der Waals surface area contributed by atoms with E-state index in [-0.39, 0.29) is 0 Å². The molecule has 1 aromatic rings. The second-order valence-corrected chi connectivity index (χ2v) is 4.98. The lowest BCUT2D eigenvalue weighted by molar-refractivity contribution is 1.55. The zero-order valence-electron chi connectivity index (χ0n) is 10.2. The molecule has 0 radical (unpaired) electrons. The first-order chi connectivity index (χ1) is 8.74. The Labute approximate surface area is 112 Å². The lowest BCUT2D eigenvalue weighted by Gasteiger charge is -2.04. The molecule has 3 rings (SSSR count). The quantitative estimate of drug-likeness (QED) is 0.542. The van der Waals surface area contributed by atoms with Crippen LogP contribution in [0.25, 0.3) is 22.3 Å². The number of halogens is 1. The van der Waals surface area contributed by atoms with Gasteiger partial charge in [-0.05, 0) is 46.9 Å². The Morgan fingerprint density at radius 3 is 2.22 bits per heavy atom. The Kier molecular flexibility index (Phi) is 2.81. The van der Waals surface area contributed by atoms with Crippen LogP contribution >= 0.6 is 11.6 Å². The molecule has 0 saturated carbocycles. The van der Waals surface area contributed by atoms with Crippen molar-refractivity contribution < 1.29 is 0 Å². The minimum absolute atomic E-state index is 0.772. The van der Waals surface area contributed by atoms with Gasteiger partial charge in [-0.1, -0.05) is 60.1 Å². The Morgan fingerprint density at radius 1 is 0.722 bits per heavy atom. The van der Waals surface area contributed by atoms with Gasteiger partial charge < -0.3 is 0 Å². The molecule has 1 aromatic carbocycles. The third kappa shape index (κ3) is 2.00. The molecule has 0 unspecified atom stereocenters. The predicted molar refractivity (Wildman–Crippen MR) is 78.2 cm³/mol. The van der Waals surface area contributed by atoms with Crippen LogP contribution in [0.2, 0.25) is 5.02 Å². The average molecular weight is 253 g/mol. The second-order valence-electron chi connectivity index (χ2n) is 4.54. The van der Waals surface area contributed by atoms with Crippen LogP contribution in [0.1, 0.15) is 5.56 Å². The number of rotatable bonds is 1. The van der Waals surface area contributed by atoms with Crippen molar-refractivity contribution in [3.8, 4) is 22.3 Å². The van der Waals surface area contributed by atoms with Crippen LogP contribution in [-0.2, 0) is 0 Å². The molecular formula is C17H13Cl. The maximum absolute atomic E-state index is 5.95. The maximum atomic E-state index is 5.95. The number of hydrogen-bond acceptors (Lipinski definition) is 0. The molecule has 0 saturated heterocycles. The van der Waals surface area contributed by atoms with Gasteiger partial charge in [0, 0.05) is 5.02 Å². The Hall–Kier alpha value is -1.79. The molecule has 0 fully saturated rings. The van der Waals surface area contributed by atoms with Crippen LogP contribution in [-0.4, -0.2) is 0 Å². The van der Waals surface area contributed by atoms with E-state index < -0.39 is 0 Å². The minimum Gasteiger partial charge on any atom is -0.0843 e. The zero-order chi connectivity index (χ0) is 12.5. The molecule has 0 atom stereocenters. The second kappa shape index (κ2) is 4.47. The van der Waals surface area contributed by atoms with Gasteiger partial charge in [0.15, 0.2) is 0 Å². The van der Waals surface area contributed by atoms with Crippen LogP contribution in [0.5, 0.6) is 0 Å². The summed E-state index contributed by atoms with van der Waals surface area (Å²) in [4.78, 5) is 0. The topological polar surface area (TPSA) is 0 Å². The van der Waals surface area contributed by atoms with Crippen molar-refractivity contribution in [2.45, 2.75) is 6.92 Å². The summed E-state index contributed by atoms with van der Waals surface area (Å²) in [5.41, 5.74) is 6.32. The van der Waals surface area contributed by atoms with Gasteiger partial charge in [0.05, 0.1) is 0 Å². The van der Waals surface area contributed by atoms with Crippen LogP contribution in [0, 0.1) is 6.92 Å². The highest BCUT2D eigenvalue weighted by atomic mass is 35.5. The van der Waals surface area contributed by atoms with E-state index in [1.807, 2.05) is 12.1 Å². The number of benzene rings is 1. The molecule has 2 aliphatic carbocycles. The summed E-state index contributed by atoms with van der Waals surface area (Å²) in [5.74, 6) is 0. The van der Waals surface area contributed by atoms with Crippen molar-refractivity contribution in [1.82, 2.24) is 0 Å². The van der Waals surface area contributed by atoms with Crippen molar-refractivity contribution in [1.29, 1.82) is 0 Å². The van der Waals surface area contributed by atoms with E-state index >= 15 is 0 Å². The van der Waals surface area contributed by atoms with E-state index in [2.05, 4.69) is 55.5 Å². The van der Waals surface area contributed by atoms with E-state index in [0.29, 0.717) is 0 Å². The summed E-state index contributed by atoms with van der Waals surface area (Å²) in [6.45, 7) is 2.13. The van der Waals surface area contributed by atoms with E-state index in [1.54, 1.807) is 0 Å². The van der Waals surface area contributed by atoms with Crippen LogP contribution in [0.3, 0.4) is 0 Å². The lowest BCUT2D eigenvalue weighted by Crippen LogP contribution is -1.78. The molecule has 0 heterocycles. The van der Waals surface area contributed by atoms with Crippen molar-refractivity contribution in [3.63, 3.8) is 0 Å². The molecule has 0 spiro atoms. The summed E-state index contributed by atoms with van der Waals surface area (Å²) in [6, 6.07) is 20.9. The summed E-state index contributed by atoms with van der Waals surface area (Å²) in [6.07, 6.45) is 0. The van der Waals surface area contributed by atoms with Gasteiger partial charge in [0.2, 0.25) is 0 Å². The third-order valence-electron chi connectivity index (χ3n) is 3.16. The molecule has 0 aliphatic heterocycles. The molecule has 0 N–H and O–H groups in total. The molecule has 18 heavy (non-hydrogen) atoms. The Morgan fingerprint density at radius 2 is 1.44 bits per heavy atom. The van der Waals surface area contributed by atoms with E-state index in [1.165, 1.54) is 27.8 Å². The predicted octanol–water partition coefficient (Wildman–Crippen LogP) is 5.42. The minimum atomic E-state index is 0.772. The van der Waals surface area contributed by atoms with Crippen molar-refractivity contribution in [3.05, 3.63) is 71.2 Å². The van der Waals surface area contributed by atoms with E-state index in [0.717, 1.165) is 5.02 Å². The Bertz CT molecular complexity index is 653. The van der Waals surface area contributed by atoms with Crippen LogP contribution in [0.4, 0.5) is 0 Å². The molecular weight excluding hydrogens is 240 g/mol. The SMILES string of the molecule is Cc1cc2ccccc(-c3ccc(Cl)cc3)c-2c1. The smallest absolute Gasteiger partial charge is 0.0406 e. The first kappa shape index (κ1) is 11.3. The summed E-state index contributed by atoms with van der Waals surface area (Å²) >= 11 is 5.95.